The van der Waals surface area contributed by atoms with Gasteiger partial charge in [0.05, 0.1) is 6.04 Å². The molecule has 1 fully saturated rings. The van der Waals surface area contributed by atoms with Crippen molar-refractivity contribution in [3.05, 3.63) is 71.8 Å². The van der Waals surface area contributed by atoms with E-state index >= 15 is 0 Å². The predicted octanol–water partition coefficient (Wildman–Crippen LogP) is 3.44. The van der Waals surface area contributed by atoms with Gasteiger partial charge < -0.3 is 21.0 Å². The largest absolute Gasteiger partial charge is 0.361 e. The number of benzene rings is 2. The first-order valence-electron chi connectivity index (χ1n) is 11.2. The number of piperidine rings is 1. The first-order chi connectivity index (χ1) is 15.6. The van der Waals surface area contributed by atoms with Crippen molar-refractivity contribution >= 4 is 27.7 Å². The van der Waals surface area contributed by atoms with Crippen LogP contribution in [-0.4, -0.2) is 45.9 Å². The summed E-state index contributed by atoms with van der Waals surface area (Å²) in [7, 11) is 0. The quantitative estimate of drug-likeness (QED) is 0.376. The summed E-state index contributed by atoms with van der Waals surface area (Å²) in [5.74, 6) is -0.315. The van der Waals surface area contributed by atoms with Crippen molar-refractivity contribution in [1.29, 1.82) is 0 Å². The summed E-state index contributed by atoms with van der Waals surface area (Å²) in [6, 6.07) is 12.4. The highest BCUT2D eigenvalue weighted by Crippen LogP contribution is 2.23. The van der Waals surface area contributed by atoms with Crippen LogP contribution in [0.5, 0.6) is 0 Å². The Labute approximate surface area is 186 Å². The van der Waals surface area contributed by atoms with Gasteiger partial charge in [-0.1, -0.05) is 18.2 Å². The fourth-order valence-electron chi connectivity index (χ4n) is 4.70. The first kappa shape index (κ1) is 20.7. The minimum absolute atomic E-state index is 0.0964. The number of carbonyl (C=O) groups is 1. The average molecular weight is 434 g/mol. The molecule has 1 saturated heterocycles. The number of fused-ring (bicyclic) bond motifs is 2. The van der Waals surface area contributed by atoms with Crippen LogP contribution in [0.15, 0.2) is 54.9 Å². The highest BCUT2D eigenvalue weighted by molar-refractivity contribution is 5.86. The number of nitrogens with one attached hydrogen (secondary N) is 3. The molecule has 5 N–H and O–H groups in total. The number of likely N-dealkylation sites (tertiary alicyclic amines) is 1. The van der Waals surface area contributed by atoms with Gasteiger partial charge in [0.25, 0.3) is 0 Å². The first-order valence-corrected chi connectivity index (χ1v) is 11.2. The molecule has 1 aliphatic heterocycles. The van der Waals surface area contributed by atoms with Crippen molar-refractivity contribution in [2.75, 3.05) is 13.1 Å². The Morgan fingerprint density at radius 2 is 1.78 bits per heavy atom. The second-order valence-corrected chi connectivity index (χ2v) is 8.73. The van der Waals surface area contributed by atoms with Crippen LogP contribution in [-0.2, 0) is 17.8 Å². The number of carbonyl (C=O) groups excluding carboxylic acids is 1. The van der Waals surface area contributed by atoms with Gasteiger partial charge in [-0.3, -0.25) is 9.69 Å². The lowest BCUT2D eigenvalue weighted by Gasteiger charge is -2.32. The molecular formula is C25H28FN5O. The normalized spacial score (nSPS) is 16.6. The third-order valence-corrected chi connectivity index (χ3v) is 6.51. The molecule has 166 valence electrons. The van der Waals surface area contributed by atoms with Crippen LogP contribution in [0.25, 0.3) is 21.8 Å². The highest BCUT2D eigenvalue weighted by atomic mass is 19.1. The number of H-pyrrole nitrogens is 2. The molecule has 5 rings (SSSR count). The van der Waals surface area contributed by atoms with E-state index in [9.17, 15) is 9.18 Å². The van der Waals surface area contributed by atoms with Gasteiger partial charge >= 0.3 is 0 Å². The number of nitrogens with two attached hydrogens (primary N) is 1. The fraction of sp³-hybridized carbons (Fsp3) is 0.320. The Hall–Kier alpha value is -3.16. The monoisotopic (exact) mass is 433 g/mol. The van der Waals surface area contributed by atoms with E-state index in [1.807, 2.05) is 36.7 Å². The van der Waals surface area contributed by atoms with Gasteiger partial charge in [0.15, 0.2) is 0 Å². The minimum atomic E-state index is -0.576. The number of hydrogen-bond acceptors (Lipinski definition) is 3. The third-order valence-electron chi connectivity index (χ3n) is 6.51. The molecule has 0 saturated carbocycles. The maximum Gasteiger partial charge on any atom is 0.237 e. The van der Waals surface area contributed by atoms with Gasteiger partial charge in [0.1, 0.15) is 5.82 Å². The Morgan fingerprint density at radius 1 is 1.06 bits per heavy atom. The summed E-state index contributed by atoms with van der Waals surface area (Å²) in [6.45, 7) is 2.53. The van der Waals surface area contributed by atoms with Crippen molar-refractivity contribution in [2.24, 2.45) is 5.73 Å². The molecule has 4 aromatic rings. The second kappa shape index (κ2) is 8.76. The fourth-order valence-corrected chi connectivity index (χ4v) is 4.70. The molecule has 0 spiro atoms. The summed E-state index contributed by atoms with van der Waals surface area (Å²) in [6.07, 6.45) is 6.16. The van der Waals surface area contributed by atoms with Gasteiger partial charge in [-0.2, -0.15) is 0 Å². The maximum absolute atomic E-state index is 13.6. The number of para-hydroxylation sites is 1. The van der Waals surface area contributed by atoms with Crippen molar-refractivity contribution in [2.45, 2.75) is 37.9 Å². The molecule has 1 aliphatic rings. The molecule has 0 aliphatic carbocycles. The van der Waals surface area contributed by atoms with E-state index in [1.54, 1.807) is 12.1 Å². The summed E-state index contributed by atoms with van der Waals surface area (Å²) in [5.41, 5.74) is 10.4. The summed E-state index contributed by atoms with van der Waals surface area (Å²) >= 11 is 0. The Morgan fingerprint density at radius 3 is 2.59 bits per heavy atom. The van der Waals surface area contributed by atoms with E-state index in [0.29, 0.717) is 6.42 Å². The zero-order valence-corrected chi connectivity index (χ0v) is 17.9. The van der Waals surface area contributed by atoms with Gasteiger partial charge in [-0.05, 0) is 54.7 Å². The molecule has 0 bridgehead atoms. The molecule has 7 heteroatoms. The van der Waals surface area contributed by atoms with Crippen LogP contribution < -0.4 is 11.1 Å². The van der Waals surface area contributed by atoms with E-state index in [4.69, 9.17) is 5.73 Å². The standard InChI is InChI=1S/C25H28FN5O/c26-18-5-6-24-21(12-18)17(14-29-24)15-31-9-7-19(8-10-31)30-25(32)22(27)11-16-13-28-23-4-2-1-3-20(16)23/h1-6,12-14,19,22,28-29H,7-11,15,27H2,(H,30,32)/t22-/m0/s1. The molecule has 2 aromatic heterocycles. The van der Waals surface area contributed by atoms with Crippen LogP contribution >= 0.6 is 0 Å². The molecule has 1 amide bonds. The van der Waals surface area contributed by atoms with Gasteiger partial charge in [0, 0.05) is 59.9 Å². The maximum atomic E-state index is 13.6. The number of nitrogens with zero attached hydrogens (tertiary/aromatic N) is 1. The average Bonchev–Trinajstić information content (AvgIpc) is 3.39. The Kier molecular flexibility index (Phi) is 5.68. The Balaban J connectivity index is 1.13. The summed E-state index contributed by atoms with van der Waals surface area (Å²) in [4.78, 5) is 21.5. The van der Waals surface area contributed by atoms with E-state index in [1.165, 1.54) is 6.07 Å². The minimum Gasteiger partial charge on any atom is -0.361 e. The zero-order valence-electron chi connectivity index (χ0n) is 17.9. The summed E-state index contributed by atoms with van der Waals surface area (Å²) < 4.78 is 13.6. The lowest BCUT2D eigenvalue weighted by molar-refractivity contribution is -0.123. The highest BCUT2D eigenvalue weighted by Gasteiger charge is 2.24. The zero-order chi connectivity index (χ0) is 22.1. The molecule has 3 heterocycles. The molecule has 0 unspecified atom stereocenters. The topological polar surface area (TPSA) is 89.9 Å². The van der Waals surface area contributed by atoms with Gasteiger partial charge in [-0.15, -0.1) is 0 Å². The smallest absolute Gasteiger partial charge is 0.237 e. The summed E-state index contributed by atoms with van der Waals surface area (Å²) in [5, 5.41) is 5.19. The number of aromatic nitrogens is 2. The van der Waals surface area contributed by atoms with Crippen LogP contribution in [0.1, 0.15) is 24.0 Å². The predicted molar refractivity (Wildman–Crippen MR) is 125 cm³/mol. The Bertz CT molecular complexity index is 1240. The number of hydrogen-bond donors (Lipinski definition) is 4. The number of rotatable bonds is 6. The molecule has 2 aromatic carbocycles. The molecule has 0 radical (unpaired) electrons. The number of amides is 1. The van der Waals surface area contributed by atoms with Crippen LogP contribution in [0.3, 0.4) is 0 Å². The lowest BCUT2D eigenvalue weighted by Crippen LogP contribution is -2.50. The van der Waals surface area contributed by atoms with Gasteiger partial charge in [0.2, 0.25) is 5.91 Å². The van der Waals surface area contributed by atoms with E-state index < -0.39 is 6.04 Å². The van der Waals surface area contributed by atoms with Crippen molar-refractivity contribution in [1.82, 2.24) is 20.2 Å². The molecular weight excluding hydrogens is 405 g/mol. The van der Waals surface area contributed by atoms with E-state index in [-0.39, 0.29) is 17.8 Å². The van der Waals surface area contributed by atoms with E-state index in [2.05, 4.69) is 20.2 Å². The van der Waals surface area contributed by atoms with Gasteiger partial charge in [-0.25, -0.2) is 4.39 Å². The van der Waals surface area contributed by atoms with Crippen molar-refractivity contribution < 1.29 is 9.18 Å². The second-order valence-electron chi connectivity index (χ2n) is 8.73. The van der Waals surface area contributed by atoms with Crippen LogP contribution in [0.2, 0.25) is 0 Å². The molecule has 1 atom stereocenters. The van der Waals surface area contributed by atoms with Crippen LogP contribution in [0, 0.1) is 5.82 Å². The van der Waals surface area contributed by atoms with E-state index in [0.717, 1.165) is 65.4 Å². The third kappa shape index (κ3) is 4.26. The van der Waals surface area contributed by atoms with Crippen LogP contribution in [0.4, 0.5) is 4.39 Å². The molecule has 6 nitrogen and oxygen atoms in total. The number of aromatic amines is 2. The SMILES string of the molecule is N[C@@H](Cc1c[nH]c2ccccc12)C(=O)NC1CCN(Cc2c[nH]c3ccc(F)cc23)CC1. The number of halogens is 1. The molecule has 32 heavy (non-hydrogen) atoms. The lowest BCUT2D eigenvalue weighted by atomic mass is 10.0. The van der Waals surface area contributed by atoms with Crippen molar-refractivity contribution in [3.63, 3.8) is 0 Å². The van der Waals surface area contributed by atoms with Crippen molar-refractivity contribution in [3.8, 4) is 0 Å².